The number of aliphatic carboxylic acids is 1. The fraction of sp³-hybridized carbons (Fsp3) is 0.438. The maximum Gasteiger partial charge on any atom is 0.306 e. The molecule has 0 radical (unpaired) electrons. The minimum Gasteiger partial charge on any atom is -0.481 e. The highest BCUT2D eigenvalue weighted by molar-refractivity contribution is 5.95. The Morgan fingerprint density at radius 3 is 2.68 bits per heavy atom. The number of hydrogen-bond donors (Lipinski definition) is 2. The molecular weight excluding hydrogens is 284 g/mol. The fourth-order valence-electron chi connectivity index (χ4n) is 2.88. The number of nitrogens with one attached hydrogen (secondary N) is 1. The Balaban J connectivity index is 1.65. The zero-order chi connectivity index (χ0) is 15.7. The molecule has 3 rings (SSSR count). The molecule has 1 aliphatic rings. The van der Waals surface area contributed by atoms with Crippen molar-refractivity contribution in [2.24, 2.45) is 5.92 Å². The van der Waals surface area contributed by atoms with E-state index in [1.807, 2.05) is 13.0 Å². The monoisotopic (exact) mass is 302 g/mol. The molecule has 1 aliphatic carbocycles. The van der Waals surface area contributed by atoms with Gasteiger partial charge in [0.25, 0.3) is 5.91 Å². The average molecular weight is 302 g/mol. The largest absolute Gasteiger partial charge is 0.481 e. The quantitative estimate of drug-likeness (QED) is 0.908. The summed E-state index contributed by atoms with van der Waals surface area (Å²) < 4.78 is 5.52. The lowest BCUT2D eigenvalue weighted by atomic mass is 9.86. The molecule has 6 nitrogen and oxygen atoms in total. The zero-order valence-electron chi connectivity index (χ0n) is 12.3. The Hall–Kier alpha value is -2.37. The van der Waals surface area contributed by atoms with E-state index in [0.29, 0.717) is 36.8 Å². The van der Waals surface area contributed by atoms with E-state index >= 15 is 0 Å². The van der Waals surface area contributed by atoms with Crippen molar-refractivity contribution >= 4 is 23.0 Å². The number of carbonyl (C=O) groups excluding carboxylic acids is 1. The Bertz CT molecular complexity index is 714. The van der Waals surface area contributed by atoms with E-state index in [9.17, 15) is 9.59 Å². The van der Waals surface area contributed by atoms with Crippen molar-refractivity contribution in [3.05, 3.63) is 29.7 Å². The molecule has 0 saturated heterocycles. The number of furan rings is 1. The van der Waals surface area contributed by atoms with Crippen molar-refractivity contribution in [2.45, 2.75) is 38.6 Å². The molecule has 2 aromatic rings. The fourth-order valence-corrected chi connectivity index (χ4v) is 2.88. The number of amides is 1. The van der Waals surface area contributed by atoms with E-state index in [2.05, 4.69) is 10.3 Å². The van der Waals surface area contributed by atoms with Crippen LogP contribution >= 0.6 is 0 Å². The molecule has 0 aromatic carbocycles. The molecule has 0 bridgehead atoms. The van der Waals surface area contributed by atoms with Crippen molar-refractivity contribution in [1.82, 2.24) is 10.3 Å². The van der Waals surface area contributed by atoms with E-state index in [0.717, 1.165) is 5.69 Å². The van der Waals surface area contributed by atoms with Gasteiger partial charge in [0.05, 0.1) is 5.92 Å². The van der Waals surface area contributed by atoms with Gasteiger partial charge in [0.1, 0.15) is 5.52 Å². The van der Waals surface area contributed by atoms with Crippen LogP contribution in [0.5, 0.6) is 0 Å². The highest BCUT2D eigenvalue weighted by Gasteiger charge is 2.27. The van der Waals surface area contributed by atoms with Crippen LogP contribution in [0.3, 0.4) is 0 Å². The molecule has 2 heterocycles. The van der Waals surface area contributed by atoms with Gasteiger partial charge in [-0.2, -0.15) is 0 Å². The van der Waals surface area contributed by atoms with Crippen molar-refractivity contribution in [1.29, 1.82) is 0 Å². The van der Waals surface area contributed by atoms with Gasteiger partial charge in [-0.1, -0.05) is 0 Å². The third-order valence-electron chi connectivity index (χ3n) is 4.15. The summed E-state index contributed by atoms with van der Waals surface area (Å²) in [7, 11) is 0. The van der Waals surface area contributed by atoms with Crippen molar-refractivity contribution in [3.8, 4) is 0 Å². The molecule has 0 aliphatic heterocycles. The molecule has 1 amide bonds. The maximum absolute atomic E-state index is 12.2. The first-order valence-electron chi connectivity index (χ1n) is 7.44. The number of nitrogens with zero attached hydrogens (tertiary/aromatic N) is 1. The van der Waals surface area contributed by atoms with E-state index in [-0.39, 0.29) is 23.6 Å². The van der Waals surface area contributed by atoms with Gasteiger partial charge in [0.15, 0.2) is 11.3 Å². The second kappa shape index (κ2) is 5.79. The van der Waals surface area contributed by atoms with Crippen LogP contribution in [-0.4, -0.2) is 28.0 Å². The van der Waals surface area contributed by atoms with Gasteiger partial charge < -0.3 is 14.8 Å². The smallest absolute Gasteiger partial charge is 0.306 e. The molecule has 1 fully saturated rings. The van der Waals surface area contributed by atoms with Crippen LogP contribution in [0.1, 0.15) is 41.9 Å². The van der Waals surface area contributed by atoms with Crippen LogP contribution in [0.15, 0.2) is 22.6 Å². The zero-order valence-corrected chi connectivity index (χ0v) is 12.3. The summed E-state index contributed by atoms with van der Waals surface area (Å²) in [4.78, 5) is 27.5. The Morgan fingerprint density at radius 2 is 2.00 bits per heavy atom. The van der Waals surface area contributed by atoms with Gasteiger partial charge in [0.2, 0.25) is 0 Å². The Labute approximate surface area is 127 Å². The number of carbonyl (C=O) groups is 2. The molecule has 0 spiro atoms. The predicted octanol–water partition coefficient (Wildman–Crippen LogP) is 2.51. The summed E-state index contributed by atoms with van der Waals surface area (Å²) in [5, 5.41) is 11.9. The van der Waals surface area contributed by atoms with Gasteiger partial charge >= 0.3 is 5.97 Å². The lowest BCUT2D eigenvalue weighted by Crippen LogP contribution is -2.38. The highest BCUT2D eigenvalue weighted by atomic mass is 16.4. The van der Waals surface area contributed by atoms with Gasteiger partial charge in [-0.25, -0.2) is 4.98 Å². The van der Waals surface area contributed by atoms with Crippen LogP contribution in [0.2, 0.25) is 0 Å². The van der Waals surface area contributed by atoms with Crippen molar-refractivity contribution in [2.75, 3.05) is 0 Å². The molecule has 2 N–H and O–H groups in total. The topological polar surface area (TPSA) is 92.4 Å². The standard InChI is InChI=1S/C16H18N2O4/c1-9-2-7-13-12(17-9)8-14(22-13)15(19)18-11-5-3-10(4-6-11)16(20)21/h2,7-8,10-11H,3-6H2,1H3,(H,18,19)(H,20,21). The van der Waals surface area contributed by atoms with Crippen molar-refractivity contribution in [3.63, 3.8) is 0 Å². The van der Waals surface area contributed by atoms with Crippen molar-refractivity contribution < 1.29 is 19.1 Å². The normalized spacial score (nSPS) is 21.7. The SMILES string of the molecule is Cc1ccc2oc(C(=O)NC3CCC(C(=O)O)CC3)cc2n1. The lowest BCUT2D eigenvalue weighted by molar-refractivity contribution is -0.142. The third-order valence-corrected chi connectivity index (χ3v) is 4.15. The summed E-state index contributed by atoms with van der Waals surface area (Å²) in [6.07, 6.45) is 2.56. The Morgan fingerprint density at radius 1 is 1.27 bits per heavy atom. The van der Waals surface area contributed by atoms with Crippen LogP contribution in [0.4, 0.5) is 0 Å². The molecular formula is C16H18N2O4. The minimum absolute atomic E-state index is 0.00556. The van der Waals surface area contributed by atoms with E-state index in [4.69, 9.17) is 9.52 Å². The molecule has 0 atom stereocenters. The molecule has 116 valence electrons. The predicted molar refractivity (Wildman–Crippen MR) is 79.6 cm³/mol. The van der Waals surface area contributed by atoms with E-state index < -0.39 is 5.97 Å². The number of carboxylic acid groups (broad SMARTS) is 1. The summed E-state index contributed by atoms with van der Waals surface area (Å²) in [5.41, 5.74) is 2.12. The summed E-state index contributed by atoms with van der Waals surface area (Å²) in [5.74, 6) is -1.06. The first-order valence-corrected chi connectivity index (χ1v) is 7.44. The maximum atomic E-state index is 12.2. The molecule has 2 aromatic heterocycles. The molecule has 0 unspecified atom stereocenters. The summed E-state index contributed by atoms with van der Waals surface area (Å²) in [6.45, 7) is 1.88. The van der Waals surface area contributed by atoms with Gasteiger partial charge in [-0.05, 0) is 44.7 Å². The number of hydrogen-bond acceptors (Lipinski definition) is 4. The third kappa shape index (κ3) is 2.95. The second-order valence-corrected chi connectivity index (χ2v) is 5.81. The van der Waals surface area contributed by atoms with Crippen LogP contribution in [0.25, 0.3) is 11.1 Å². The number of pyridine rings is 1. The van der Waals surface area contributed by atoms with Crippen LogP contribution < -0.4 is 5.32 Å². The van der Waals surface area contributed by atoms with Gasteiger partial charge in [0, 0.05) is 17.8 Å². The van der Waals surface area contributed by atoms with E-state index in [1.165, 1.54) is 0 Å². The average Bonchev–Trinajstić information content (AvgIpc) is 2.91. The van der Waals surface area contributed by atoms with Crippen LogP contribution in [0, 0.1) is 12.8 Å². The van der Waals surface area contributed by atoms with Gasteiger partial charge in [-0.3, -0.25) is 9.59 Å². The van der Waals surface area contributed by atoms with Crippen LogP contribution in [-0.2, 0) is 4.79 Å². The summed E-state index contributed by atoms with van der Waals surface area (Å²) >= 11 is 0. The molecule has 22 heavy (non-hydrogen) atoms. The minimum atomic E-state index is -0.747. The molecule has 6 heteroatoms. The summed E-state index contributed by atoms with van der Waals surface area (Å²) in [6, 6.07) is 5.28. The number of carboxylic acids is 1. The number of aromatic nitrogens is 1. The van der Waals surface area contributed by atoms with Gasteiger partial charge in [-0.15, -0.1) is 0 Å². The second-order valence-electron chi connectivity index (χ2n) is 5.81. The lowest BCUT2D eigenvalue weighted by Gasteiger charge is -2.26. The molecule has 1 saturated carbocycles. The first-order chi connectivity index (χ1) is 10.5. The first kappa shape index (κ1) is 14.6. The number of rotatable bonds is 3. The van der Waals surface area contributed by atoms with E-state index in [1.54, 1.807) is 12.1 Å². The number of aryl methyl sites for hydroxylation is 1. The number of fused-ring (bicyclic) bond motifs is 1. The highest BCUT2D eigenvalue weighted by Crippen LogP contribution is 2.25. The Kier molecular flexibility index (Phi) is 3.83.